The molecule has 0 aliphatic heterocycles. The average Bonchev–Trinajstić information content (AvgIpc) is 2.17. The standard InChI is InChI=1S/C11H20N2/c1-3-9-5-7-11(4-2,8-6-9)10(12)13/h5-7,10H,3-4,8,12-13H2,1-2H3. The van der Waals surface area contributed by atoms with E-state index in [-0.39, 0.29) is 11.6 Å². The summed E-state index contributed by atoms with van der Waals surface area (Å²) in [5.74, 6) is 0. The monoisotopic (exact) mass is 180 g/mol. The molecule has 1 unspecified atom stereocenters. The molecule has 1 aliphatic carbocycles. The molecule has 0 bridgehead atoms. The van der Waals surface area contributed by atoms with Gasteiger partial charge in [0.15, 0.2) is 0 Å². The first-order valence-electron chi connectivity index (χ1n) is 5.04. The van der Waals surface area contributed by atoms with Gasteiger partial charge >= 0.3 is 0 Å². The molecule has 0 fully saturated rings. The molecule has 0 aromatic rings. The molecule has 2 heteroatoms. The lowest BCUT2D eigenvalue weighted by molar-refractivity contribution is 0.294. The quantitative estimate of drug-likeness (QED) is 0.652. The van der Waals surface area contributed by atoms with Crippen LogP contribution in [0, 0.1) is 5.41 Å². The molecule has 2 nitrogen and oxygen atoms in total. The smallest absolute Gasteiger partial charge is 0.0617 e. The maximum atomic E-state index is 5.80. The second-order valence-electron chi connectivity index (χ2n) is 3.78. The van der Waals surface area contributed by atoms with Crippen molar-refractivity contribution in [2.45, 2.75) is 39.3 Å². The highest BCUT2D eigenvalue weighted by Gasteiger charge is 2.30. The molecule has 1 atom stereocenters. The number of allylic oxidation sites excluding steroid dienone is 3. The van der Waals surface area contributed by atoms with E-state index < -0.39 is 0 Å². The Kier molecular flexibility index (Phi) is 3.28. The third-order valence-electron chi connectivity index (χ3n) is 3.10. The largest absolute Gasteiger partial charge is 0.315 e. The van der Waals surface area contributed by atoms with Crippen LogP contribution in [0.25, 0.3) is 0 Å². The van der Waals surface area contributed by atoms with Crippen molar-refractivity contribution < 1.29 is 0 Å². The van der Waals surface area contributed by atoms with Gasteiger partial charge in [-0.25, -0.2) is 0 Å². The summed E-state index contributed by atoms with van der Waals surface area (Å²) in [6.07, 6.45) is 9.46. The molecule has 1 rings (SSSR count). The molecule has 13 heavy (non-hydrogen) atoms. The molecule has 0 spiro atoms. The molecule has 1 aliphatic rings. The zero-order valence-corrected chi connectivity index (χ0v) is 8.59. The van der Waals surface area contributed by atoms with E-state index in [1.165, 1.54) is 5.57 Å². The summed E-state index contributed by atoms with van der Waals surface area (Å²) in [5.41, 5.74) is 13.0. The minimum atomic E-state index is -0.247. The van der Waals surface area contributed by atoms with Crippen molar-refractivity contribution >= 4 is 0 Å². The summed E-state index contributed by atoms with van der Waals surface area (Å²) in [6, 6.07) is 0. The zero-order chi connectivity index (χ0) is 9.90. The Bertz CT molecular complexity index is 228. The maximum Gasteiger partial charge on any atom is 0.0617 e. The molecule has 0 saturated heterocycles. The van der Waals surface area contributed by atoms with Crippen molar-refractivity contribution in [2.75, 3.05) is 0 Å². The van der Waals surface area contributed by atoms with Gasteiger partial charge in [-0.1, -0.05) is 37.6 Å². The van der Waals surface area contributed by atoms with Crippen LogP contribution in [0.5, 0.6) is 0 Å². The summed E-state index contributed by atoms with van der Waals surface area (Å²) >= 11 is 0. The van der Waals surface area contributed by atoms with E-state index in [0.717, 1.165) is 19.3 Å². The molecule has 0 radical (unpaired) electrons. The van der Waals surface area contributed by atoms with Gasteiger partial charge < -0.3 is 11.5 Å². The molecule has 74 valence electrons. The number of rotatable bonds is 3. The fraction of sp³-hybridized carbons (Fsp3) is 0.636. The Morgan fingerprint density at radius 1 is 1.46 bits per heavy atom. The second kappa shape index (κ2) is 4.07. The first-order chi connectivity index (χ1) is 6.14. The van der Waals surface area contributed by atoms with Gasteiger partial charge in [0, 0.05) is 5.41 Å². The van der Waals surface area contributed by atoms with E-state index in [0.29, 0.717) is 0 Å². The van der Waals surface area contributed by atoms with Crippen molar-refractivity contribution in [1.82, 2.24) is 0 Å². The molecular formula is C11H20N2. The van der Waals surface area contributed by atoms with Gasteiger partial charge in [-0.15, -0.1) is 0 Å². The highest BCUT2D eigenvalue weighted by Crippen LogP contribution is 2.34. The van der Waals surface area contributed by atoms with Gasteiger partial charge in [-0.3, -0.25) is 0 Å². The van der Waals surface area contributed by atoms with Crippen molar-refractivity contribution in [2.24, 2.45) is 16.9 Å². The predicted octanol–water partition coefficient (Wildman–Crippen LogP) is 1.92. The maximum absolute atomic E-state index is 5.80. The number of nitrogens with two attached hydrogens (primary N) is 2. The molecule has 0 amide bonds. The summed E-state index contributed by atoms with van der Waals surface area (Å²) in [4.78, 5) is 0. The minimum absolute atomic E-state index is 0.00132. The lowest BCUT2D eigenvalue weighted by Crippen LogP contribution is -2.47. The average molecular weight is 180 g/mol. The van der Waals surface area contributed by atoms with Crippen LogP contribution in [-0.2, 0) is 0 Å². The van der Waals surface area contributed by atoms with Crippen LogP contribution in [-0.4, -0.2) is 6.17 Å². The minimum Gasteiger partial charge on any atom is -0.315 e. The van der Waals surface area contributed by atoms with E-state index in [9.17, 15) is 0 Å². The summed E-state index contributed by atoms with van der Waals surface area (Å²) in [5, 5.41) is 0. The fourth-order valence-corrected chi connectivity index (χ4v) is 1.74. The molecule has 0 saturated carbocycles. The normalized spacial score (nSPS) is 27.9. The van der Waals surface area contributed by atoms with Crippen molar-refractivity contribution in [3.05, 3.63) is 23.8 Å². The molecular weight excluding hydrogens is 160 g/mol. The van der Waals surface area contributed by atoms with Crippen LogP contribution in [0.15, 0.2) is 23.8 Å². The lowest BCUT2D eigenvalue weighted by atomic mass is 9.75. The molecule has 0 aromatic heterocycles. The second-order valence-corrected chi connectivity index (χ2v) is 3.78. The van der Waals surface area contributed by atoms with Crippen LogP contribution in [0.1, 0.15) is 33.1 Å². The predicted molar refractivity (Wildman–Crippen MR) is 57.0 cm³/mol. The fourth-order valence-electron chi connectivity index (χ4n) is 1.74. The molecule has 4 N–H and O–H groups in total. The van der Waals surface area contributed by atoms with Gasteiger partial charge in [-0.05, 0) is 19.3 Å². The van der Waals surface area contributed by atoms with E-state index in [2.05, 4.69) is 32.1 Å². The summed E-state index contributed by atoms with van der Waals surface area (Å²) < 4.78 is 0. The zero-order valence-electron chi connectivity index (χ0n) is 8.59. The Labute approximate surface area is 80.7 Å². The SMILES string of the molecule is CCC1=CCC(CC)(C(N)N)C=C1. The van der Waals surface area contributed by atoms with Crippen molar-refractivity contribution in [1.29, 1.82) is 0 Å². The highest BCUT2D eigenvalue weighted by molar-refractivity contribution is 5.27. The molecule has 0 aromatic carbocycles. The summed E-state index contributed by atoms with van der Waals surface area (Å²) in [7, 11) is 0. The Morgan fingerprint density at radius 3 is 2.46 bits per heavy atom. The topological polar surface area (TPSA) is 52.0 Å². The van der Waals surface area contributed by atoms with Crippen LogP contribution in [0.3, 0.4) is 0 Å². The highest BCUT2D eigenvalue weighted by atomic mass is 14.9. The van der Waals surface area contributed by atoms with Gasteiger partial charge in [0.05, 0.1) is 6.17 Å². The first kappa shape index (κ1) is 10.5. The number of hydrogen-bond acceptors (Lipinski definition) is 2. The van der Waals surface area contributed by atoms with Crippen LogP contribution in [0.2, 0.25) is 0 Å². The lowest BCUT2D eigenvalue weighted by Gasteiger charge is -2.34. The van der Waals surface area contributed by atoms with Gasteiger partial charge in [0.1, 0.15) is 0 Å². The van der Waals surface area contributed by atoms with Gasteiger partial charge in [0.2, 0.25) is 0 Å². The van der Waals surface area contributed by atoms with Gasteiger partial charge in [0.25, 0.3) is 0 Å². The Balaban J connectivity index is 2.77. The Morgan fingerprint density at radius 2 is 2.15 bits per heavy atom. The van der Waals surface area contributed by atoms with Crippen molar-refractivity contribution in [3.63, 3.8) is 0 Å². The van der Waals surface area contributed by atoms with Crippen LogP contribution < -0.4 is 11.5 Å². The Hall–Kier alpha value is -0.600. The van der Waals surface area contributed by atoms with E-state index in [1.54, 1.807) is 0 Å². The number of hydrogen-bond donors (Lipinski definition) is 2. The van der Waals surface area contributed by atoms with Crippen LogP contribution >= 0.6 is 0 Å². The molecule has 0 heterocycles. The van der Waals surface area contributed by atoms with E-state index in [4.69, 9.17) is 11.5 Å². The first-order valence-corrected chi connectivity index (χ1v) is 5.04. The third-order valence-corrected chi connectivity index (χ3v) is 3.10. The third kappa shape index (κ3) is 2.01. The van der Waals surface area contributed by atoms with Crippen LogP contribution in [0.4, 0.5) is 0 Å². The summed E-state index contributed by atoms with van der Waals surface area (Å²) in [6.45, 7) is 4.30. The van der Waals surface area contributed by atoms with E-state index >= 15 is 0 Å². The van der Waals surface area contributed by atoms with E-state index in [1.807, 2.05) is 0 Å². The van der Waals surface area contributed by atoms with Gasteiger partial charge in [-0.2, -0.15) is 0 Å². The van der Waals surface area contributed by atoms with Crippen molar-refractivity contribution in [3.8, 4) is 0 Å².